The van der Waals surface area contributed by atoms with Gasteiger partial charge in [-0.05, 0) is 25.2 Å². The quantitative estimate of drug-likeness (QED) is 0.828. The van der Waals surface area contributed by atoms with E-state index in [4.69, 9.17) is 5.11 Å². The molecule has 1 unspecified atom stereocenters. The lowest BCUT2D eigenvalue weighted by Crippen LogP contribution is -2.45. The Kier molecular flexibility index (Phi) is 5.13. The summed E-state index contributed by atoms with van der Waals surface area (Å²) in [5, 5.41) is 15.6. The molecule has 1 aromatic rings. The predicted molar refractivity (Wildman–Crippen MR) is 74.4 cm³/mol. The number of carboxylic acids is 1. The zero-order valence-corrected chi connectivity index (χ0v) is 12.2. The maximum atomic E-state index is 12.1. The summed E-state index contributed by atoms with van der Waals surface area (Å²) >= 11 is 0. The van der Waals surface area contributed by atoms with Crippen LogP contribution in [0, 0.1) is 5.92 Å². The van der Waals surface area contributed by atoms with Crippen LogP contribution in [0.5, 0.6) is 0 Å². The number of carbonyl (C=O) groups excluding carboxylic acids is 1. The molecule has 0 radical (unpaired) electrons. The van der Waals surface area contributed by atoms with Gasteiger partial charge in [-0.1, -0.05) is 0 Å². The minimum Gasteiger partial charge on any atom is -0.481 e. The molecule has 8 heteroatoms. The molecular weight excluding hydrogens is 274 g/mol. The SMILES string of the molecule is Cn1cnc(CNC(=O)N2CCCC(CCC(=O)O)C2)n1. The second kappa shape index (κ2) is 7.05. The number of carbonyl (C=O) groups is 2. The molecule has 0 spiro atoms. The Hall–Kier alpha value is -2.12. The minimum absolute atomic E-state index is 0.137. The number of piperidine rings is 1. The molecule has 1 aromatic heterocycles. The highest BCUT2D eigenvalue weighted by molar-refractivity contribution is 5.74. The summed E-state index contributed by atoms with van der Waals surface area (Å²) in [6, 6.07) is -0.137. The molecular formula is C13H21N5O3. The van der Waals surface area contributed by atoms with Gasteiger partial charge < -0.3 is 15.3 Å². The van der Waals surface area contributed by atoms with Crippen LogP contribution in [0.15, 0.2) is 6.33 Å². The zero-order chi connectivity index (χ0) is 15.2. The number of urea groups is 1. The molecule has 21 heavy (non-hydrogen) atoms. The van der Waals surface area contributed by atoms with E-state index in [9.17, 15) is 9.59 Å². The molecule has 1 fully saturated rings. The predicted octanol–water partition coefficient (Wildman–Crippen LogP) is 0.601. The van der Waals surface area contributed by atoms with E-state index in [1.165, 1.54) is 0 Å². The molecule has 0 saturated carbocycles. The van der Waals surface area contributed by atoms with E-state index in [-0.39, 0.29) is 18.4 Å². The first-order valence-corrected chi connectivity index (χ1v) is 7.13. The van der Waals surface area contributed by atoms with Gasteiger partial charge in [0.1, 0.15) is 6.33 Å². The number of carboxylic acid groups (broad SMARTS) is 1. The first-order chi connectivity index (χ1) is 10.0. The smallest absolute Gasteiger partial charge is 0.317 e. The van der Waals surface area contributed by atoms with Gasteiger partial charge in [-0.2, -0.15) is 5.10 Å². The molecule has 8 nitrogen and oxygen atoms in total. The average molecular weight is 295 g/mol. The highest BCUT2D eigenvalue weighted by atomic mass is 16.4. The largest absolute Gasteiger partial charge is 0.481 e. The van der Waals surface area contributed by atoms with Gasteiger partial charge in [0.15, 0.2) is 5.82 Å². The van der Waals surface area contributed by atoms with E-state index in [2.05, 4.69) is 15.4 Å². The number of nitrogens with one attached hydrogen (secondary N) is 1. The third kappa shape index (κ3) is 4.73. The molecule has 1 atom stereocenters. The standard InChI is InChI=1S/C13H21N5O3/c1-17-9-15-11(16-17)7-14-13(21)18-6-2-3-10(8-18)4-5-12(19)20/h9-10H,2-8H2,1H3,(H,14,21)(H,19,20). The van der Waals surface area contributed by atoms with Crippen molar-refractivity contribution in [2.24, 2.45) is 13.0 Å². The molecule has 1 aliphatic rings. The molecule has 1 saturated heterocycles. The number of aryl methyl sites for hydroxylation is 1. The van der Waals surface area contributed by atoms with Crippen LogP contribution >= 0.6 is 0 Å². The Bertz CT molecular complexity index is 502. The topological polar surface area (TPSA) is 100 Å². The second-order valence-corrected chi connectivity index (χ2v) is 5.38. The highest BCUT2D eigenvalue weighted by Gasteiger charge is 2.24. The van der Waals surface area contributed by atoms with Crippen molar-refractivity contribution in [2.75, 3.05) is 13.1 Å². The Balaban J connectivity index is 1.77. The Morgan fingerprint density at radius 2 is 2.33 bits per heavy atom. The van der Waals surface area contributed by atoms with Crippen LogP contribution in [0.2, 0.25) is 0 Å². The Morgan fingerprint density at radius 1 is 1.52 bits per heavy atom. The van der Waals surface area contributed by atoms with Gasteiger partial charge in [0.05, 0.1) is 6.54 Å². The third-order valence-corrected chi connectivity index (χ3v) is 3.62. The molecule has 2 heterocycles. The summed E-state index contributed by atoms with van der Waals surface area (Å²) in [5.74, 6) is 0.0664. The van der Waals surface area contributed by atoms with Gasteiger partial charge in [0.2, 0.25) is 0 Å². The summed E-state index contributed by atoms with van der Waals surface area (Å²) in [7, 11) is 1.77. The molecule has 0 aromatic carbocycles. The van der Waals surface area contributed by atoms with Crippen LogP contribution in [-0.4, -0.2) is 49.9 Å². The molecule has 0 aliphatic carbocycles. The van der Waals surface area contributed by atoms with Gasteiger partial charge in [-0.15, -0.1) is 0 Å². The number of rotatable bonds is 5. The number of hydrogen-bond acceptors (Lipinski definition) is 4. The van der Waals surface area contributed by atoms with Crippen molar-refractivity contribution in [1.29, 1.82) is 0 Å². The summed E-state index contributed by atoms with van der Waals surface area (Å²) in [4.78, 5) is 28.5. The summed E-state index contributed by atoms with van der Waals surface area (Å²) in [5.41, 5.74) is 0. The normalized spacial score (nSPS) is 18.5. The molecule has 2 rings (SSSR count). The lowest BCUT2D eigenvalue weighted by Gasteiger charge is -2.32. The summed E-state index contributed by atoms with van der Waals surface area (Å²) in [6.07, 6.45) is 4.28. The van der Waals surface area contributed by atoms with E-state index >= 15 is 0 Å². The first-order valence-electron chi connectivity index (χ1n) is 7.13. The van der Waals surface area contributed by atoms with E-state index in [0.29, 0.717) is 31.9 Å². The minimum atomic E-state index is -0.780. The Labute approximate surface area is 123 Å². The van der Waals surface area contributed by atoms with Crippen molar-refractivity contribution in [2.45, 2.75) is 32.2 Å². The fraction of sp³-hybridized carbons (Fsp3) is 0.692. The summed E-state index contributed by atoms with van der Waals surface area (Å²) in [6.45, 7) is 1.63. The fourth-order valence-corrected chi connectivity index (χ4v) is 2.54. The average Bonchev–Trinajstić information content (AvgIpc) is 2.88. The first kappa shape index (κ1) is 15.3. The highest BCUT2D eigenvalue weighted by Crippen LogP contribution is 2.20. The fourth-order valence-electron chi connectivity index (χ4n) is 2.54. The molecule has 0 bridgehead atoms. The van der Waals surface area contributed by atoms with Crippen LogP contribution in [0.1, 0.15) is 31.5 Å². The number of aromatic nitrogens is 3. The molecule has 2 N–H and O–H groups in total. The molecule has 2 amide bonds. The van der Waals surface area contributed by atoms with E-state index < -0.39 is 5.97 Å². The van der Waals surface area contributed by atoms with Crippen molar-refractivity contribution in [3.8, 4) is 0 Å². The summed E-state index contributed by atoms with van der Waals surface area (Å²) < 4.78 is 1.59. The molecule has 116 valence electrons. The monoisotopic (exact) mass is 295 g/mol. The zero-order valence-electron chi connectivity index (χ0n) is 12.2. The van der Waals surface area contributed by atoms with Gasteiger partial charge in [0, 0.05) is 26.6 Å². The van der Waals surface area contributed by atoms with Crippen molar-refractivity contribution < 1.29 is 14.7 Å². The van der Waals surface area contributed by atoms with Crippen LogP contribution in [0.3, 0.4) is 0 Å². The number of hydrogen-bond donors (Lipinski definition) is 2. The van der Waals surface area contributed by atoms with Crippen LogP contribution < -0.4 is 5.32 Å². The van der Waals surface area contributed by atoms with Gasteiger partial charge >= 0.3 is 12.0 Å². The van der Waals surface area contributed by atoms with Crippen molar-refractivity contribution in [3.63, 3.8) is 0 Å². The van der Waals surface area contributed by atoms with Crippen LogP contribution in [0.25, 0.3) is 0 Å². The maximum Gasteiger partial charge on any atom is 0.317 e. The van der Waals surface area contributed by atoms with Crippen molar-refractivity contribution >= 4 is 12.0 Å². The van der Waals surface area contributed by atoms with Gasteiger partial charge in [-0.3, -0.25) is 9.48 Å². The van der Waals surface area contributed by atoms with E-state index in [1.807, 2.05) is 0 Å². The van der Waals surface area contributed by atoms with E-state index in [0.717, 1.165) is 12.8 Å². The number of nitrogens with zero attached hydrogens (tertiary/aromatic N) is 4. The third-order valence-electron chi connectivity index (χ3n) is 3.62. The number of aliphatic carboxylic acids is 1. The van der Waals surface area contributed by atoms with Crippen molar-refractivity contribution in [1.82, 2.24) is 25.0 Å². The van der Waals surface area contributed by atoms with Gasteiger partial charge in [-0.25, -0.2) is 9.78 Å². The molecule has 1 aliphatic heterocycles. The lowest BCUT2D eigenvalue weighted by molar-refractivity contribution is -0.137. The Morgan fingerprint density at radius 3 is 3.00 bits per heavy atom. The van der Waals surface area contributed by atoms with E-state index in [1.54, 1.807) is 23.0 Å². The van der Waals surface area contributed by atoms with Crippen molar-refractivity contribution in [3.05, 3.63) is 12.2 Å². The van der Waals surface area contributed by atoms with Gasteiger partial charge in [0.25, 0.3) is 0 Å². The maximum absolute atomic E-state index is 12.1. The number of amides is 2. The van der Waals surface area contributed by atoms with Crippen LogP contribution in [-0.2, 0) is 18.4 Å². The van der Waals surface area contributed by atoms with Crippen LogP contribution in [0.4, 0.5) is 4.79 Å². The lowest BCUT2D eigenvalue weighted by atomic mass is 9.93. The second-order valence-electron chi connectivity index (χ2n) is 5.38. The number of likely N-dealkylation sites (tertiary alicyclic amines) is 1.